The predicted octanol–water partition coefficient (Wildman–Crippen LogP) is 3.96. The minimum absolute atomic E-state index is 0.0218. The van der Waals surface area contributed by atoms with Crippen molar-refractivity contribution in [1.82, 2.24) is 0 Å². The van der Waals surface area contributed by atoms with Gasteiger partial charge in [0.05, 0.1) is 24.7 Å². The average Bonchev–Trinajstić information content (AvgIpc) is 3.01. The van der Waals surface area contributed by atoms with Crippen LogP contribution in [0, 0.1) is 17.2 Å². The van der Waals surface area contributed by atoms with Gasteiger partial charge in [0.15, 0.2) is 11.5 Å². The fourth-order valence-corrected chi connectivity index (χ4v) is 3.99. The summed E-state index contributed by atoms with van der Waals surface area (Å²) < 4.78 is 11.6. The molecule has 2 fully saturated rings. The minimum Gasteiger partial charge on any atom is -0.493 e. The topological polar surface area (TPSA) is 62.5 Å². The monoisotopic (exact) mass is 329 g/mol. The van der Waals surface area contributed by atoms with Crippen LogP contribution in [0.1, 0.15) is 57.4 Å². The first-order valence-corrected chi connectivity index (χ1v) is 9.01. The maximum atomic E-state index is 9.86. The van der Waals surface area contributed by atoms with Gasteiger partial charge in [0, 0.05) is 6.42 Å². The molecule has 0 bridgehead atoms. The van der Waals surface area contributed by atoms with E-state index < -0.39 is 5.41 Å². The zero-order valence-electron chi connectivity index (χ0n) is 14.6. The second-order valence-corrected chi connectivity index (χ2v) is 7.45. The van der Waals surface area contributed by atoms with Crippen LogP contribution >= 0.6 is 0 Å². The van der Waals surface area contributed by atoms with Crippen molar-refractivity contribution in [2.24, 2.45) is 5.92 Å². The minimum atomic E-state index is -0.411. The van der Waals surface area contributed by atoms with Crippen molar-refractivity contribution in [2.45, 2.75) is 69.5 Å². The van der Waals surface area contributed by atoms with E-state index in [1.807, 2.05) is 18.2 Å². The SMILES string of the molecule is COc1ccc(C2(C#N)CCC(C)CC2)cc1OC1CCC(O)C1. The largest absolute Gasteiger partial charge is 0.493 e. The lowest BCUT2D eigenvalue weighted by Gasteiger charge is -2.34. The molecule has 24 heavy (non-hydrogen) atoms. The molecule has 3 rings (SSSR count). The number of aliphatic hydroxyl groups is 1. The third-order valence-corrected chi connectivity index (χ3v) is 5.71. The molecule has 0 heterocycles. The smallest absolute Gasteiger partial charge is 0.161 e. The van der Waals surface area contributed by atoms with Gasteiger partial charge in [-0.15, -0.1) is 0 Å². The summed E-state index contributed by atoms with van der Waals surface area (Å²) in [5.74, 6) is 2.08. The van der Waals surface area contributed by atoms with E-state index in [-0.39, 0.29) is 12.2 Å². The maximum Gasteiger partial charge on any atom is 0.161 e. The Hall–Kier alpha value is -1.73. The van der Waals surface area contributed by atoms with Crippen LogP contribution in [0.25, 0.3) is 0 Å². The van der Waals surface area contributed by atoms with Crippen molar-refractivity contribution in [3.63, 3.8) is 0 Å². The number of ether oxygens (including phenoxy) is 2. The van der Waals surface area contributed by atoms with Crippen molar-refractivity contribution in [1.29, 1.82) is 5.26 Å². The Labute approximate surface area is 144 Å². The van der Waals surface area contributed by atoms with Gasteiger partial charge >= 0.3 is 0 Å². The van der Waals surface area contributed by atoms with Crippen molar-refractivity contribution >= 4 is 0 Å². The fraction of sp³-hybridized carbons (Fsp3) is 0.650. The lowest BCUT2D eigenvalue weighted by Crippen LogP contribution is -2.29. The highest BCUT2D eigenvalue weighted by molar-refractivity contribution is 5.47. The van der Waals surface area contributed by atoms with E-state index in [4.69, 9.17) is 9.47 Å². The van der Waals surface area contributed by atoms with E-state index in [9.17, 15) is 10.4 Å². The van der Waals surface area contributed by atoms with Gasteiger partial charge in [0.2, 0.25) is 0 Å². The highest BCUT2D eigenvalue weighted by Crippen LogP contribution is 2.44. The number of hydrogen-bond donors (Lipinski definition) is 1. The molecule has 2 aliphatic carbocycles. The van der Waals surface area contributed by atoms with Gasteiger partial charge < -0.3 is 14.6 Å². The number of benzene rings is 1. The van der Waals surface area contributed by atoms with Crippen LogP contribution in [0.15, 0.2) is 18.2 Å². The van der Waals surface area contributed by atoms with Crippen LogP contribution in [0.4, 0.5) is 0 Å². The van der Waals surface area contributed by atoms with Gasteiger partial charge in [-0.25, -0.2) is 0 Å². The van der Waals surface area contributed by atoms with Gasteiger partial charge in [-0.3, -0.25) is 0 Å². The Morgan fingerprint density at radius 3 is 2.50 bits per heavy atom. The molecule has 1 aromatic carbocycles. The molecule has 0 saturated heterocycles. The summed E-state index contributed by atoms with van der Waals surface area (Å²) in [7, 11) is 1.63. The predicted molar refractivity (Wildman–Crippen MR) is 92.2 cm³/mol. The second kappa shape index (κ2) is 7.03. The van der Waals surface area contributed by atoms with Crippen molar-refractivity contribution < 1.29 is 14.6 Å². The number of hydrogen-bond acceptors (Lipinski definition) is 4. The zero-order chi connectivity index (χ0) is 17.2. The first-order valence-electron chi connectivity index (χ1n) is 9.01. The van der Waals surface area contributed by atoms with E-state index in [0.29, 0.717) is 23.8 Å². The number of nitrogens with zero attached hydrogens (tertiary/aromatic N) is 1. The lowest BCUT2D eigenvalue weighted by molar-refractivity contribution is 0.147. The van der Waals surface area contributed by atoms with Crippen LogP contribution in [0.5, 0.6) is 11.5 Å². The summed E-state index contributed by atoms with van der Waals surface area (Å²) in [6, 6.07) is 8.49. The normalized spacial score (nSPS) is 33.0. The molecular formula is C20H27NO3. The summed E-state index contributed by atoms with van der Waals surface area (Å²) in [4.78, 5) is 0. The first-order chi connectivity index (χ1) is 11.6. The molecule has 4 nitrogen and oxygen atoms in total. The molecule has 2 atom stereocenters. The van der Waals surface area contributed by atoms with Crippen molar-refractivity contribution in [2.75, 3.05) is 7.11 Å². The molecule has 1 aromatic rings. The number of methoxy groups -OCH3 is 1. The Morgan fingerprint density at radius 2 is 1.92 bits per heavy atom. The average molecular weight is 329 g/mol. The third-order valence-electron chi connectivity index (χ3n) is 5.71. The molecule has 2 aliphatic rings. The molecule has 130 valence electrons. The van der Waals surface area contributed by atoms with Crippen LogP contribution in [0.3, 0.4) is 0 Å². The molecule has 0 aliphatic heterocycles. The molecule has 2 unspecified atom stereocenters. The Kier molecular flexibility index (Phi) is 5.01. The van der Waals surface area contributed by atoms with Crippen LogP contribution in [0.2, 0.25) is 0 Å². The fourth-order valence-electron chi connectivity index (χ4n) is 3.99. The van der Waals surface area contributed by atoms with Gasteiger partial charge in [-0.1, -0.05) is 13.0 Å². The summed E-state index contributed by atoms with van der Waals surface area (Å²) in [6.07, 6.45) is 6.03. The summed E-state index contributed by atoms with van der Waals surface area (Å²) >= 11 is 0. The zero-order valence-corrected chi connectivity index (χ0v) is 14.6. The molecule has 0 spiro atoms. The lowest BCUT2D eigenvalue weighted by atomic mass is 9.68. The van der Waals surface area contributed by atoms with Crippen LogP contribution in [-0.4, -0.2) is 24.4 Å². The highest BCUT2D eigenvalue weighted by Gasteiger charge is 2.37. The Bertz CT molecular complexity index is 614. The molecule has 1 N–H and O–H groups in total. The van der Waals surface area contributed by atoms with Gasteiger partial charge in [-0.2, -0.15) is 5.26 Å². The molecule has 2 saturated carbocycles. The highest BCUT2D eigenvalue weighted by atomic mass is 16.5. The van der Waals surface area contributed by atoms with E-state index in [2.05, 4.69) is 13.0 Å². The molecule has 0 amide bonds. The molecule has 4 heteroatoms. The van der Waals surface area contributed by atoms with Gasteiger partial charge in [0.25, 0.3) is 0 Å². The maximum absolute atomic E-state index is 9.86. The van der Waals surface area contributed by atoms with E-state index in [1.165, 1.54) is 0 Å². The third kappa shape index (κ3) is 3.37. The van der Waals surface area contributed by atoms with E-state index >= 15 is 0 Å². The summed E-state index contributed by atoms with van der Waals surface area (Å²) in [5.41, 5.74) is 0.623. The Morgan fingerprint density at radius 1 is 1.17 bits per heavy atom. The molecular weight excluding hydrogens is 302 g/mol. The van der Waals surface area contributed by atoms with Gasteiger partial charge in [-0.05, 0) is 62.1 Å². The molecule has 0 radical (unpaired) electrons. The summed E-state index contributed by atoms with van der Waals surface area (Å²) in [6.45, 7) is 2.26. The quantitative estimate of drug-likeness (QED) is 0.908. The Balaban J connectivity index is 1.86. The standard InChI is InChI=1S/C20H27NO3/c1-14-7-9-20(13-21,10-8-14)15-3-6-18(23-2)19(11-15)24-17-5-4-16(22)12-17/h3,6,11,14,16-17,22H,4-5,7-10,12H2,1-2H3. The summed E-state index contributed by atoms with van der Waals surface area (Å²) in [5, 5.41) is 19.6. The number of aliphatic hydroxyl groups excluding tert-OH is 1. The van der Waals surface area contributed by atoms with E-state index in [1.54, 1.807) is 7.11 Å². The number of nitriles is 1. The van der Waals surface area contributed by atoms with Gasteiger partial charge in [0.1, 0.15) is 6.10 Å². The second-order valence-electron chi connectivity index (χ2n) is 7.45. The van der Waals surface area contributed by atoms with Crippen LogP contribution < -0.4 is 9.47 Å². The van der Waals surface area contributed by atoms with Crippen molar-refractivity contribution in [3.8, 4) is 17.6 Å². The molecule has 0 aromatic heterocycles. The number of rotatable bonds is 4. The van der Waals surface area contributed by atoms with E-state index in [0.717, 1.165) is 44.1 Å². The first kappa shape index (κ1) is 17.1. The van der Waals surface area contributed by atoms with Crippen LogP contribution in [-0.2, 0) is 5.41 Å². The van der Waals surface area contributed by atoms with Crippen molar-refractivity contribution in [3.05, 3.63) is 23.8 Å².